The van der Waals surface area contributed by atoms with E-state index in [1.807, 2.05) is 43.5 Å². The third-order valence-corrected chi connectivity index (χ3v) is 5.26. The summed E-state index contributed by atoms with van der Waals surface area (Å²) in [6.07, 6.45) is 1.31. The number of rotatable bonds is 4. The van der Waals surface area contributed by atoms with Crippen LogP contribution in [0.5, 0.6) is 17.2 Å². The number of fused-ring (bicyclic) bond motifs is 2. The lowest BCUT2D eigenvalue weighted by molar-refractivity contribution is 0.227. The van der Waals surface area contributed by atoms with Crippen LogP contribution in [0.25, 0.3) is 32.2 Å². The van der Waals surface area contributed by atoms with Crippen LogP contribution in [-0.4, -0.2) is 18.3 Å². The van der Waals surface area contributed by atoms with Crippen LogP contribution in [0.2, 0.25) is 0 Å². The molecular weight excluding hydrogens is 364 g/mol. The van der Waals surface area contributed by atoms with Crippen LogP contribution in [0.1, 0.15) is 13.8 Å². The molecule has 0 aliphatic heterocycles. The van der Waals surface area contributed by atoms with Crippen LogP contribution in [0, 0.1) is 0 Å². The quantitative estimate of drug-likeness (QED) is 0.527. The summed E-state index contributed by atoms with van der Waals surface area (Å²) in [7, 11) is 1.42. The lowest BCUT2D eigenvalue weighted by Crippen LogP contribution is -2.09. The first-order chi connectivity index (χ1) is 13.0. The number of phenolic OH excluding ortho intramolecular Hbond substituents is 1. The lowest BCUT2D eigenvalue weighted by atomic mass is 10.0. The second-order valence-corrected chi connectivity index (χ2v) is 7.33. The van der Waals surface area contributed by atoms with E-state index in [9.17, 15) is 9.90 Å². The van der Waals surface area contributed by atoms with Gasteiger partial charge < -0.3 is 19.0 Å². The van der Waals surface area contributed by atoms with Gasteiger partial charge in [0.1, 0.15) is 17.2 Å². The molecule has 0 amide bonds. The normalized spacial score (nSPS) is 11.4. The summed E-state index contributed by atoms with van der Waals surface area (Å²) in [5.41, 5.74) is 1.12. The molecule has 0 bridgehead atoms. The molecule has 6 heteroatoms. The first-order valence-corrected chi connectivity index (χ1v) is 9.38. The molecule has 0 saturated heterocycles. The Hall–Kier alpha value is -2.99. The molecule has 5 nitrogen and oxygen atoms in total. The predicted molar refractivity (Wildman–Crippen MR) is 107 cm³/mol. The largest absolute Gasteiger partial charge is 0.504 e. The zero-order valence-electron chi connectivity index (χ0n) is 15.1. The van der Waals surface area contributed by atoms with Gasteiger partial charge in [-0.1, -0.05) is 18.2 Å². The maximum absolute atomic E-state index is 13.2. The number of phenols is 1. The molecule has 27 heavy (non-hydrogen) atoms. The second kappa shape index (κ2) is 6.63. The first kappa shape index (κ1) is 17.4. The van der Waals surface area contributed by atoms with Crippen molar-refractivity contribution in [3.63, 3.8) is 0 Å². The van der Waals surface area contributed by atoms with Crippen LogP contribution in [-0.2, 0) is 0 Å². The zero-order valence-corrected chi connectivity index (χ0v) is 15.9. The molecule has 0 unspecified atom stereocenters. The van der Waals surface area contributed by atoms with Gasteiger partial charge in [-0.05, 0) is 19.9 Å². The fraction of sp³-hybridized carbons (Fsp3) is 0.190. The van der Waals surface area contributed by atoms with E-state index >= 15 is 0 Å². The van der Waals surface area contributed by atoms with E-state index in [0.29, 0.717) is 11.3 Å². The summed E-state index contributed by atoms with van der Waals surface area (Å²) in [6, 6.07) is 9.42. The monoisotopic (exact) mass is 382 g/mol. The first-order valence-electron chi connectivity index (χ1n) is 8.50. The van der Waals surface area contributed by atoms with Crippen LogP contribution in [0.15, 0.2) is 51.2 Å². The fourth-order valence-corrected chi connectivity index (χ4v) is 4.10. The Morgan fingerprint density at radius 1 is 1.19 bits per heavy atom. The fourth-order valence-electron chi connectivity index (χ4n) is 3.14. The minimum Gasteiger partial charge on any atom is -0.504 e. The summed E-state index contributed by atoms with van der Waals surface area (Å²) in [4.78, 5) is 13.2. The van der Waals surface area contributed by atoms with Gasteiger partial charge in [-0.15, -0.1) is 11.3 Å². The van der Waals surface area contributed by atoms with Gasteiger partial charge in [-0.25, -0.2) is 0 Å². The van der Waals surface area contributed by atoms with Gasteiger partial charge in [0.15, 0.2) is 11.5 Å². The molecular formula is C21H18O5S. The maximum atomic E-state index is 13.2. The van der Waals surface area contributed by atoms with Crippen molar-refractivity contribution >= 4 is 32.4 Å². The smallest absolute Gasteiger partial charge is 0.204 e. The van der Waals surface area contributed by atoms with E-state index in [1.165, 1.54) is 13.4 Å². The molecule has 0 atom stereocenters. The highest BCUT2D eigenvalue weighted by Crippen LogP contribution is 2.43. The van der Waals surface area contributed by atoms with Crippen molar-refractivity contribution in [2.45, 2.75) is 20.0 Å². The van der Waals surface area contributed by atoms with Crippen LogP contribution < -0.4 is 14.9 Å². The molecule has 2 aromatic heterocycles. The van der Waals surface area contributed by atoms with Gasteiger partial charge in [-0.2, -0.15) is 0 Å². The van der Waals surface area contributed by atoms with E-state index < -0.39 is 0 Å². The van der Waals surface area contributed by atoms with Crippen molar-refractivity contribution in [3.05, 3.63) is 52.2 Å². The van der Waals surface area contributed by atoms with Crippen molar-refractivity contribution < 1.29 is 19.0 Å². The van der Waals surface area contributed by atoms with Crippen molar-refractivity contribution in [1.29, 1.82) is 0 Å². The average Bonchev–Trinajstić information content (AvgIpc) is 3.05. The molecule has 1 N–H and O–H groups in total. The van der Waals surface area contributed by atoms with Crippen molar-refractivity contribution in [2.75, 3.05) is 7.11 Å². The molecule has 0 aliphatic carbocycles. The molecule has 2 heterocycles. The van der Waals surface area contributed by atoms with Crippen molar-refractivity contribution in [1.82, 2.24) is 0 Å². The van der Waals surface area contributed by atoms with Gasteiger partial charge in [-0.3, -0.25) is 4.79 Å². The predicted octanol–water partition coefficient (Wildman–Crippen LogP) is 5.18. The minimum atomic E-state index is -0.313. The van der Waals surface area contributed by atoms with Gasteiger partial charge in [0, 0.05) is 27.1 Å². The number of aromatic hydroxyl groups is 1. The highest BCUT2D eigenvalue weighted by Gasteiger charge is 2.22. The topological polar surface area (TPSA) is 68.9 Å². The number of hydrogen-bond acceptors (Lipinski definition) is 6. The zero-order chi connectivity index (χ0) is 19.1. The molecule has 0 aliphatic rings. The number of methoxy groups -OCH3 is 1. The van der Waals surface area contributed by atoms with Crippen LogP contribution in [0.3, 0.4) is 0 Å². The van der Waals surface area contributed by atoms with E-state index in [4.69, 9.17) is 13.9 Å². The highest BCUT2D eigenvalue weighted by molar-refractivity contribution is 7.17. The summed E-state index contributed by atoms with van der Waals surface area (Å²) in [5.74, 6) is 0.172. The Labute approximate surface area is 159 Å². The molecule has 4 rings (SSSR count). The Morgan fingerprint density at radius 3 is 2.70 bits per heavy atom. The van der Waals surface area contributed by atoms with Crippen molar-refractivity contribution in [3.8, 4) is 28.4 Å². The summed E-state index contributed by atoms with van der Waals surface area (Å²) in [6.45, 7) is 3.73. The standard InChI is InChI=1S/C21H18O5S/c1-11(2)26-16-8-15-18(20(23)21(16)24-3)19(22)13(9-25-15)14-10-27-17-7-5-4-6-12(14)17/h4-11,23H,1-3H3. The number of ether oxygens (including phenoxy) is 2. The SMILES string of the molecule is COc1c(OC(C)C)cc2occ(-c3csc4ccccc34)c(=O)c2c1O. The molecule has 2 aromatic carbocycles. The molecule has 0 saturated carbocycles. The third-order valence-electron chi connectivity index (χ3n) is 4.30. The molecule has 0 spiro atoms. The minimum absolute atomic E-state index is 0.0794. The molecule has 0 radical (unpaired) electrons. The highest BCUT2D eigenvalue weighted by atomic mass is 32.1. The molecule has 138 valence electrons. The number of benzene rings is 2. The molecule has 0 fully saturated rings. The van der Waals surface area contributed by atoms with Gasteiger partial charge in [0.25, 0.3) is 0 Å². The summed E-state index contributed by atoms with van der Waals surface area (Å²) < 4.78 is 17.8. The second-order valence-electron chi connectivity index (χ2n) is 6.42. The van der Waals surface area contributed by atoms with E-state index in [0.717, 1.165) is 15.6 Å². The van der Waals surface area contributed by atoms with Crippen molar-refractivity contribution in [2.24, 2.45) is 0 Å². The van der Waals surface area contributed by atoms with E-state index in [2.05, 4.69) is 0 Å². The average molecular weight is 382 g/mol. The Balaban J connectivity index is 2.00. The maximum Gasteiger partial charge on any atom is 0.204 e. The Bertz CT molecular complexity index is 1200. The van der Waals surface area contributed by atoms with E-state index in [-0.39, 0.29) is 34.0 Å². The van der Waals surface area contributed by atoms with Crippen LogP contribution >= 0.6 is 11.3 Å². The lowest BCUT2D eigenvalue weighted by Gasteiger charge is -2.15. The van der Waals surface area contributed by atoms with Gasteiger partial charge in [0.05, 0.1) is 18.8 Å². The van der Waals surface area contributed by atoms with Gasteiger partial charge in [0.2, 0.25) is 11.2 Å². The summed E-state index contributed by atoms with van der Waals surface area (Å²) >= 11 is 1.56. The van der Waals surface area contributed by atoms with Gasteiger partial charge >= 0.3 is 0 Å². The number of hydrogen-bond donors (Lipinski definition) is 1. The third kappa shape index (κ3) is 2.82. The van der Waals surface area contributed by atoms with E-state index in [1.54, 1.807) is 17.4 Å². The molecule has 4 aromatic rings. The number of thiophene rings is 1. The Morgan fingerprint density at radius 2 is 1.96 bits per heavy atom. The summed E-state index contributed by atoms with van der Waals surface area (Å²) in [5, 5.41) is 13.7. The Kier molecular flexibility index (Phi) is 4.28. The van der Waals surface area contributed by atoms with Crippen LogP contribution in [0.4, 0.5) is 0 Å².